The molecule has 0 saturated carbocycles. The van der Waals surface area contributed by atoms with Crippen LogP contribution >= 0.6 is 0 Å². The first-order chi connectivity index (χ1) is 9.74. The minimum absolute atomic E-state index is 0.0137. The molecule has 0 N–H and O–H groups in total. The van der Waals surface area contributed by atoms with E-state index in [2.05, 4.69) is 27.0 Å². The fourth-order valence-electron chi connectivity index (χ4n) is 2.34. The first-order valence-electron chi connectivity index (χ1n) is 6.63. The lowest BCUT2D eigenvalue weighted by molar-refractivity contribution is 0.0633. The van der Waals surface area contributed by atoms with E-state index >= 15 is 0 Å². The number of piperidine rings is 1. The van der Waals surface area contributed by atoms with Gasteiger partial charge in [0.2, 0.25) is 5.82 Å². The van der Waals surface area contributed by atoms with E-state index in [1.807, 2.05) is 0 Å². The van der Waals surface area contributed by atoms with Crippen molar-refractivity contribution in [1.29, 1.82) is 0 Å². The monoisotopic (exact) mass is 273 g/mol. The van der Waals surface area contributed by atoms with Crippen LogP contribution in [0.3, 0.4) is 0 Å². The van der Waals surface area contributed by atoms with E-state index < -0.39 is 0 Å². The zero-order chi connectivity index (χ0) is 13.9. The second-order valence-electron chi connectivity index (χ2n) is 5.01. The molecular formula is C13H15N5O2. The van der Waals surface area contributed by atoms with Crippen LogP contribution in [0.4, 0.5) is 0 Å². The quantitative estimate of drug-likeness (QED) is 0.822. The van der Waals surface area contributed by atoms with Crippen molar-refractivity contribution in [2.24, 2.45) is 5.92 Å². The van der Waals surface area contributed by atoms with Crippen LogP contribution in [0.2, 0.25) is 0 Å². The van der Waals surface area contributed by atoms with Crippen molar-refractivity contribution < 1.29 is 9.32 Å². The normalized spacial score (nSPS) is 19.1. The fraction of sp³-hybridized carbons (Fsp3) is 0.462. The molecule has 1 aliphatic rings. The summed E-state index contributed by atoms with van der Waals surface area (Å²) in [7, 11) is 0. The van der Waals surface area contributed by atoms with Crippen molar-refractivity contribution >= 4 is 5.91 Å². The third kappa shape index (κ3) is 2.52. The number of carbonyl (C=O) groups is 1. The molecule has 1 aliphatic heterocycles. The molecule has 1 atom stereocenters. The first-order valence-corrected chi connectivity index (χ1v) is 6.63. The molecule has 3 rings (SSSR count). The first kappa shape index (κ1) is 12.7. The Balaban J connectivity index is 1.78. The molecule has 0 spiro atoms. The SMILES string of the molecule is C[C@H]1CCCN(C(=O)c2nc(-c3cnccn3)no2)C1. The Kier molecular flexibility index (Phi) is 3.41. The summed E-state index contributed by atoms with van der Waals surface area (Å²) >= 11 is 0. The third-order valence-electron chi connectivity index (χ3n) is 3.35. The van der Waals surface area contributed by atoms with E-state index in [9.17, 15) is 4.79 Å². The lowest BCUT2D eigenvalue weighted by atomic mass is 10.0. The fourth-order valence-corrected chi connectivity index (χ4v) is 2.34. The predicted molar refractivity (Wildman–Crippen MR) is 69.6 cm³/mol. The molecule has 0 aromatic carbocycles. The Hall–Kier alpha value is -2.31. The van der Waals surface area contributed by atoms with Crippen LogP contribution in [0.25, 0.3) is 11.5 Å². The average molecular weight is 273 g/mol. The molecule has 0 radical (unpaired) electrons. The van der Waals surface area contributed by atoms with E-state index in [4.69, 9.17) is 4.52 Å². The van der Waals surface area contributed by atoms with Crippen LogP contribution in [0.1, 0.15) is 30.5 Å². The third-order valence-corrected chi connectivity index (χ3v) is 3.35. The van der Waals surface area contributed by atoms with Gasteiger partial charge in [-0.2, -0.15) is 4.98 Å². The van der Waals surface area contributed by atoms with Crippen molar-refractivity contribution in [3.63, 3.8) is 0 Å². The maximum Gasteiger partial charge on any atom is 0.316 e. The Morgan fingerprint density at radius 2 is 2.35 bits per heavy atom. The van der Waals surface area contributed by atoms with Crippen molar-refractivity contribution in [1.82, 2.24) is 25.0 Å². The maximum atomic E-state index is 12.3. The highest BCUT2D eigenvalue weighted by molar-refractivity contribution is 5.90. The number of carbonyl (C=O) groups excluding carboxylic acids is 1. The molecule has 0 bridgehead atoms. The van der Waals surface area contributed by atoms with Gasteiger partial charge in [0.1, 0.15) is 5.69 Å². The maximum absolute atomic E-state index is 12.3. The van der Waals surface area contributed by atoms with E-state index in [1.54, 1.807) is 17.3 Å². The minimum Gasteiger partial charge on any atom is -0.334 e. The van der Waals surface area contributed by atoms with E-state index in [-0.39, 0.29) is 17.6 Å². The molecule has 1 amide bonds. The Morgan fingerprint density at radius 1 is 1.45 bits per heavy atom. The second kappa shape index (κ2) is 5.36. The van der Waals surface area contributed by atoms with Gasteiger partial charge in [-0.1, -0.05) is 12.1 Å². The van der Waals surface area contributed by atoms with Gasteiger partial charge in [-0.3, -0.25) is 9.78 Å². The van der Waals surface area contributed by atoms with Crippen LogP contribution in [0.15, 0.2) is 23.1 Å². The molecule has 7 heteroatoms. The number of amides is 1. The summed E-state index contributed by atoms with van der Waals surface area (Å²) in [6.07, 6.45) is 6.79. The summed E-state index contributed by atoms with van der Waals surface area (Å²) in [5, 5.41) is 3.79. The number of aromatic nitrogens is 4. The lowest BCUT2D eigenvalue weighted by Gasteiger charge is -2.29. The van der Waals surface area contributed by atoms with Gasteiger partial charge in [-0.15, -0.1) is 0 Å². The molecule has 2 aromatic rings. The van der Waals surface area contributed by atoms with Gasteiger partial charge in [0.25, 0.3) is 0 Å². The van der Waals surface area contributed by atoms with Gasteiger partial charge in [0.05, 0.1) is 6.20 Å². The molecule has 104 valence electrons. The zero-order valence-corrected chi connectivity index (χ0v) is 11.2. The number of likely N-dealkylation sites (tertiary alicyclic amines) is 1. The molecule has 1 fully saturated rings. The van der Waals surface area contributed by atoms with Gasteiger partial charge in [-0.05, 0) is 18.8 Å². The number of hydrogen-bond donors (Lipinski definition) is 0. The predicted octanol–water partition coefficient (Wildman–Crippen LogP) is 1.40. The molecule has 0 aliphatic carbocycles. The van der Waals surface area contributed by atoms with Crippen molar-refractivity contribution in [2.45, 2.75) is 19.8 Å². The van der Waals surface area contributed by atoms with Crippen LogP contribution in [-0.2, 0) is 0 Å². The standard InChI is InChI=1S/C13H15N5O2/c1-9-3-2-6-18(8-9)13(19)12-16-11(17-20-12)10-7-14-4-5-15-10/h4-5,7,9H,2-3,6,8H2,1H3/t9-/m0/s1. The summed E-state index contributed by atoms with van der Waals surface area (Å²) in [6, 6.07) is 0. The number of hydrogen-bond acceptors (Lipinski definition) is 6. The molecule has 1 saturated heterocycles. The van der Waals surface area contributed by atoms with Crippen molar-refractivity contribution in [2.75, 3.05) is 13.1 Å². The Labute approximate surface area is 116 Å². The number of rotatable bonds is 2. The molecule has 3 heterocycles. The highest BCUT2D eigenvalue weighted by Crippen LogP contribution is 2.18. The summed E-state index contributed by atoms with van der Waals surface area (Å²) in [5.41, 5.74) is 0.488. The van der Waals surface area contributed by atoms with Crippen molar-refractivity contribution in [3.05, 3.63) is 24.5 Å². The van der Waals surface area contributed by atoms with E-state index in [0.717, 1.165) is 25.9 Å². The average Bonchev–Trinajstić information content (AvgIpc) is 2.97. The summed E-state index contributed by atoms with van der Waals surface area (Å²) in [5.74, 6) is 0.598. The lowest BCUT2D eigenvalue weighted by Crippen LogP contribution is -2.39. The van der Waals surface area contributed by atoms with Crippen LogP contribution < -0.4 is 0 Å². The summed E-state index contributed by atoms with van der Waals surface area (Å²) < 4.78 is 5.05. The van der Waals surface area contributed by atoms with E-state index in [1.165, 1.54) is 6.20 Å². The highest BCUT2D eigenvalue weighted by atomic mass is 16.5. The van der Waals surface area contributed by atoms with Gasteiger partial charge in [0, 0.05) is 25.5 Å². The Bertz CT molecular complexity index is 598. The molecule has 0 unspecified atom stereocenters. The number of nitrogens with zero attached hydrogens (tertiary/aromatic N) is 5. The Morgan fingerprint density at radius 3 is 3.10 bits per heavy atom. The summed E-state index contributed by atoms with van der Waals surface area (Å²) in [6.45, 7) is 3.62. The van der Waals surface area contributed by atoms with Crippen LogP contribution in [0.5, 0.6) is 0 Å². The van der Waals surface area contributed by atoms with Crippen LogP contribution in [-0.4, -0.2) is 44.0 Å². The second-order valence-corrected chi connectivity index (χ2v) is 5.01. The molecular weight excluding hydrogens is 258 g/mol. The molecule has 7 nitrogen and oxygen atoms in total. The summed E-state index contributed by atoms with van der Waals surface area (Å²) in [4.78, 5) is 26.2. The van der Waals surface area contributed by atoms with Crippen molar-refractivity contribution in [3.8, 4) is 11.5 Å². The largest absolute Gasteiger partial charge is 0.334 e. The topological polar surface area (TPSA) is 85.0 Å². The zero-order valence-electron chi connectivity index (χ0n) is 11.2. The van der Waals surface area contributed by atoms with E-state index in [0.29, 0.717) is 11.6 Å². The van der Waals surface area contributed by atoms with Gasteiger partial charge < -0.3 is 9.42 Å². The smallest absolute Gasteiger partial charge is 0.316 e. The minimum atomic E-state index is -0.209. The molecule has 20 heavy (non-hydrogen) atoms. The van der Waals surface area contributed by atoms with Gasteiger partial charge in [0.15, 0.2) is 0 Å². The van der Waals surface area contributed by atoms with Crippen LogP contribution in [0, 0.1) is 5.92 Å². The van der Waals surface area contributed by atoms with Gasteiger partial charge in [-0.25, -0.2) is 4.98 Å². The van der Waals surface area contributed by atoms with Gasteiger partial charge >= 0.3 is 11.8 Å². The molecule has 2 aromatic heterocycles. The highest BCUT2D eigenvalue weighted by Gasteiger charge is 2.26.